The first kappa shape index (κ1) is 18.5. The molecule has 1 saturated carbocycles. The Hall–Kier alpha value is -3.54. The summed E-state index contributed by atoms with van der Waals surface area (Å²) in [5, 5.41) is 20.2. The number of halogens is 1. The molecule has 5 rings (SSSR count). The fourth-order valence-electron chi connectivity index (χ4n) is 3.59. The lowest BCUT2D eigenvalue weighted by molar-refractivity contribution is 0.163. The molecule has 9 heteroatoms. The molecule has 0 unspecified atom stereocenters. The molecule has 3 heterocycles. The minimum absolute atomic E-state index is 0.0946. The Bertz CT molecular complexity index is 1120. The fraction of sp³-hybridized carbons (Fsp3) is 0.381. The van der Waals surface area contributed by atoms with Crippen LogP contribution in [0.2, 0.25) is 0 Å². The highest BCUT2D eigenvalue weighted by molar-refractivity contribution is 5.79. The molecule has 3 aromatic rings. The maximum Gasteiger partial charge on any atom is 0.172 e. The Morgan fingerprint density at radius 2 is 1.80 bits per heavy atom. The van der Waals surface area contributed by atoms with E-state index in [1.807, 2.05) is 6.07 Å². The van der Waals surface area contributed by atoms with Gasteiger partial charge in [0, 0.05) is 32.0 Å². The molecule has 2 aliphatic rings. The number of rotatable bonds is 5. The van der Waals surface area contributed by atoms with E-state index in [1.54, 1.807) is 18.5 Å². The molecule has 2 aromatic heterocycles. The summed E-state index contributed by atoms with van der Waals surface area (Å²) in [6.07, 6.45) is 6.89. The van der Waals surface area contributed by atoms with Gasteiger partial charge in [0.05, 0.1) is 24.0 Å². The maximum atomic E-state index is 14.1. The lowest BCUT2D eigenvalue weighted by Crippen LogP contribution is -2.39. The zero-order valence-corrected chi connectivity index (χ0v) is 16.3. The summed E-state index contributed by atoms with van der Waals surface area (Å²) in [6.45, 7) is 1.45. The standard InChI is InChI=1S/C21H20FN7O/c22-16-9-13(10-23)1-4-19(16)30-15-5-7-29(8-6-15)21-20(26-14-2-3-14)27-17-11-24-25-12-18(17)28-21/h1,4,9,11-12,14-15H,2-3,5-8H2,(H,26,27). The predicted molar refractivity (Wildman–Crippen MR) is 109 cm³/mol. The van der Waals surface area contributed by atoms with Gasteiger partial charge in [-0.15, -0.1) is 0 Å². The van der Waals surface area contributed by atoms with E-state index in [4.69, 9.17) is 20.0 Å². The van der Waals surface area contributed by atoms with Crippen LogP contribution in [0.5, 0.6) is 5.75 Å². The number of benzene rings is 1. The highest BCUT2D eigenvalue weighted by atomic mass is 19.1. The van der Waals surface area contributed by atoms with Crippen molar-refractivity contribution in [3.8, 4) is 11.8 Å². The second kappa shape index (κ2) is 7.71. The first-order chi connectivity index (χ1) is 14.7. The van der Waals surface area contributed by atoms with Crippen molar-refractivity contribution in [1.29, 1.82) is 5.26 Å². The topological polar surface area (TPSA) is 99.9 Å². The van der Waals surface area contributed by atoms with Crippen molar-refractivity contribution in [3.63, 3.8) is 0 Å². The van der Waals surface area contributed by atoms with Crippen molar-refractivity contribution in [3.05, 3.63) is 42.0 Å². The summed E-state index contributed by atoms with van der Waals surface area (Å²) < 4.78 is 20.0. The van der Waals surface area contributed by atoms with Crippen LogP contribution in [0.4, 0.5) is 16.0 Å². The molecule has 30 heavy (non-hydrogen) atoms. The van der Waals surface area contributed by atoms with E-state index < -0.39 is 5.82 Å². The van der Waals surface area contributed by atoms with Crippen molar-refractivity contribution in [1.82, 2.24) is 20.2 Å². The molecule has 0 radical (unpaired) electrons. The van der Waals surface area contributed by atoms with E-state index in [0.29, 0.717) is 17.1 Å². The molecule has 1 aromatic carbocycles. The Balaban J connectivity index is 1.31. The van der Waals surface area contributed by atoms with E-state index in [1.165, 1.54) is 12.1 Å². The smallest absolute Gasteiger partial charge is 0.172 e. The third-order valence-electron chi connectivity index (χ3n) is 5.37. The summed E-state index contributed by atoms with van der Waals surface area (Å²) in [6, 6.07) is 6.67. The average Bonchev–Trinajstić information content (AvgIpc) is 3.59. The van der Waals surface area contributed by atoms with Crippen molar-refractivity contribution < 1.29 is 9.13 Å². The van der Waals surface area contributed by atoms with Crippen LogP contribution in [0.1, 0.15) is 31.2 Å². The van der Waals surface area contributed by atoms with Gasteiger partial charge < -0.3 is 15.0 Å². The number of anilines is 2. The molecule has 1 aliphatic carbocycles. The number of hydrogen-bond acceptors (Lipinski definition) is 8. The van der Waals surface area contributed by atoms with Crippen LogP contribution in [0.15, 0.2) is 30.6 Å². The molecule has 0 spiro atoms. The lowest BCUT2D eigenvalue weighted by Gasteiger charge is -2.33. The van der Waals surface area contributed by atoms with Gasteiger partial charge in [-0.1, -0.05) is 0 Å². The maximum absolute atomic E-state index is 14.1. The summed E-state index contributed by atoms with van der Waals surface area (Å²) in [7, 11) is 0. The largest absolute Gasteiger partial charge is 0.487 e. The molecule has 1 saturated heterocycles. The van der Waals surface area contributed by atoms with Gasteiger partial charge in [-0.05, 0) is 31.0 Å². The zero-order valence-electron chi connectivity index (χ0n) is 16.3. The third-order valence-corrected chi connectivity index (χ3v) is 5.37. The van der Waals surface area contributed by atoms with Crippen molar-refractivity contribution in [2.45, 2.75) is 37.8 Å². The summed E-state index contributed by atoms with van der Waals surface area (Å²) in [5.41, 5.74) is 1.70. The summed E-state index contributed by atoms with van der Waals surface area (Å²) in [5.74, 6) is 1.27. The van der Waals surface area contributed by atoms with E-state index in [0.717, 1.165) is 50.4 Å². The van der Waals surface area contributed by atoms with Gasteiger partial charge in [0.1, 0.15) is 17.1 Å². The van der Waals surface area contributed by atoms with E-state index in [2.05, 4.69) is 20.4 Å². The predicted octanol–water partition coefficient (Wildman–Crippen LogP) is 3.05. The van der Waals surface area contributed by atoms with Gasteiger partial charge in [-0.25, -0.2) is 14.4 Å². The molecule has 1 aliphatic heterocycles. The molecule has 152 valence electrons. The van der Waals surface area contributed by atoms with Gasteiger partial charge in [0.2, 0.25) is 0 Å². The zero-order chi connectivity index (χ0) is 20.5. The van der Waals surface area contributed by atoms with Crippen LogP contribution in [-0.2, 0) is 0 Å². The SMILES string of the molecule is N#Cc1ccc(OC2CCN(c3nc4cnncc4nc3NC3CC3)CC2)c(F)c1. The molecule has 8 nitrogen and oxygen atoms in total. The Morgan fingerprint density at radius 1 is 1.07 bits per heavy atom. The normalized spacial score (nSPS) is 17.0. The molecule has 0 bridgehead atoms. The van der Waals surface area contributed by atoms with Gasteiger partial charge in [0.15, 0.2) is 23.2 Å². The molecule has 0 amide bonds. The number of fused-ring (bicyclic) bond motifs is 1. The van der Waals surface area contributed by atoms with Crippen molar-refractivity contribution in [2.24, 2.45) is 0 Å². The lowest BCUT2D eigenvalue weighted by atomic mass is 10.1. The minimum Gasteiger partial charge on any atom is -0.487 e. The Morgan fingerprint density at radius 3 is 2.47 bits per heavy atom. The van der Waals surface area contributed by atoms with Crippen LogP contribution >= 0.6 is 0 Å². The van der Waals surface area contributed by atoms with Gasteiger partial charge >= 0.3 is 0 Å². The molecular weight excluding hydrogens is 385 g/mol. The first-order valence-corrected chi connectivity index (χ1v) is 10.1. The number of piperidine rings is 1. The number of hydrogen-bond donors (Lipinski definition) is 1. The number of nitrogens with zero attached hydrogens (tertiary/aromatic N) is 6. The van der Waals surface area contributed by atoms with Gasteiger partial charge in [-0.2, -0.15) is 15.5 Å². The van der Waals surface area contributed by atoms with Crippen LogP contribution in [-0.4, -0.2) is 45.4 Å². The first-order valence-electron chi connectivity index (χ1n) is 10.1. The monoisotopic (exact) mass is 405 g/mol. The summed E-state index contributed by atoms with van der Waals surface area (Å²) >= 11 is 0. The minimum atomic E-state index is -0.506. The number of aromatic nitrogens is 4. The van der Waals surface area contributed by atoms with Gasteiger partial charge in [0.25, 0.3) is 0 Å². The van der Waals surface area contributed by atoms with Crippen molar-refractivity contribution >= 4 is 22.7 Å². The Kier molecular flexibility index (Phi) is 4.75. The fourth-order valence-corrected chi connectivity index (χ4v) is 3.59. The number of ether oxygens (including phenoxy) is 1. The summed E-state index contributed by atoms with van der Waals surface area (Å²) in [4.78, 5) is 11.7. The van der Waals surface area contributed by atoms with Crippen LogP contribution in [0.3, 0.4) is 0 Å². The highest BCUT2D eigenvalue weighted by Crippen LogP contribution is 2.32. The highest BCUT2D eigenvalue weighted by Gasteiger charge is 2.28. The number of nitriles is 1. The van der Waals surface area contributed by atoms with Crippen LogP contribution in [0, 0.1) is 17.1 Å². The van der Waals surface area contributed by atoms with E-state index >= 15 is 0 Å². The van der Waals surface area contributed by atoms with Crippen molar-refractivity contribution in [2.75, 3.05) is 23.3 Å². The molecular formula is C21H20FN7O. The van der Waals surface area contributed by atoms with E-state index in [-0.39, 0.29) is 17.4 Å². The second-order valence-electron chi connectivity index (χ2n) is 7.64. The van der Waals surface area contributed by atoms with Gasteiger partial charge in [-0.3, -0.25) is 0 Å². The Labute approximate surface area is 172 Å². The average molecular weight is 405 g/mol. The van der Waals surface area contributed by atoms with Crippen LogP contribution < -0.4 is 15.0 Å². The third kappa shape index (κ3) is 3.81. The molecule has 2 fully saturated rings. The quantitative estimate of drug-likeness (QED) is 0.691. The number of nitrogens with one attached hydrogen (secondary N) is 1. The van der Waals surface area contributed by atoms with E-state index in [9.17, 15) is 4.39 Å². The second-order valence-corrected chi connectivity index (χ2v) is 7.64. The molecule has 0 atom stereocenters. The van der Waals surface area contributed by atoms with Crippen LogP contribution in [0.25, 0.3) is 11.0 Å². The molecule has 1 N–H and O–H groups in total.